The molecule has 0 aliphatic carbocycles. The first-order chi connectivity index (χ1) is 8.53. The Labute approximate surface area is 109 Å². The molecule has 0 radical (unpaired) electrons. The molecule has 1 aromatic carbocycles. The minimum atomic E-state index is -0.770. The third kappa shape index (κ3) is 6.00. The summed E-state index contributed by atoms with van der Waals surface area (Å²) in [6, 6.07) is 7.02. The third-order valence-corrected chi connectivity index (χ3v) is 2.82. The van der Waals surface area contributed by atoms with Crippen molar-refractivity contribution < 1.29 is 14.9 Å². The van der Waals surface area contributed by atoms with Gasteiger partial charge >= 0.3 is 0 Å². The number of methoxy groups -OCH3 is 1. The summed E-state index contributed by atoms with van der Waals surface area (Å²) in [4.78, 5) is 0. The van der Waals surface area contributed by atoms with E-state index < -0.39 is 5.60 Å². The number of phenols is 1. The van der Waals surface area contributed by atoms with Crippen LogP contribution in [0.1, 0.15) is 18.9 Å². The van der Waals surface area contributed by atoms with Gasteiger partial charge in [-0.25, -0.2) is 0 Å². The molecule has 0 heterocycles. The molecule has 4 heteroatoms. The van der Waals surface area contributed by atoms with Crippen LogP contribution in [0.5, 0.6) is 5.75 Å². The van der Waals surface area contributed by atoms with Crippen molar-refractivity contribution >= 4 is 0 Å². The fourth-order valence-electron chi connectivity index (χ4n) is 1.85. The van der Waals surface area contributed by atoms with Crippen LogP contribution in [-0.4, -0.2) is 42.6 Å². The summed E-state index contributed by atoms with van der Waals surface area (Å²) in [5, 5.41) is 22.8. The van der Waals surface area contributed by atoms with E-state index in [1.54, 1.807) is 25.3 Å². The zero-order valence-electron chi connectivity index (χ0n) is 11.1. The number of hydrogen-bond donors (Lipinski definition) is 3. The first-order valence-corrected chi connectivity index (χ1v) is 6.23. The molecule has 102 valence electrons. The lowest BCUT2D eigenvalue weighted by Crippen LogP contribution is -2.33. The minimum Gasteiger partial charge on any atom is -0.508 e. The molecule has 0 spiro atoms. The van der Waals surface area contributed by atoms with Crippen LogP contribution in [0, 0.1) is 0 Å². The molecule has 0 saturated heterocycles. The van der Waals surface area contributed by atoms with Gasteiger partial charge in [0.2, 0.25) is 0 Å². The minimum absolute atomic E-state index is 0.238. The first-order valence-electron chi connectivity index (χ1n) is 6.23. The number of aromatic hydroxyl groups is 1. The van der Waals surface area contributed by atoms with Crippen LogP contribution < -0.4 is 5.32 Å². The Bertz CT molecular complexity index is 353. The summed E-state index contributed by atoms with van der Waals surface area (Å²) in [5.74, 6) is 0.238. The molecule has 0 fully saturated rings. The number of aliphatic hydroxyl groups is 1. The van der Waals surface area contributed by atoms with Crippen molar-refractivity contribution in [2.24, 2.45) is 0 Å². The third-order valence-electron chi connectivity index (χ3n) is 2.82. The van der Waals surface area contributed by atoms with Crippen LogP contribution in [0.25, 0.3) is 0 Å². The Balaban J connectivity index is 2.34. The molecule has 1 aromatic rings. The zero-order valence-corrected chi connectivity index (χ0v) is 11.1. The SMILES string of the molecule is COCCNCCC(C)(O)Cc1cccc(O)c1. The number of phenolic OH excluding ortho intramolecular Hbond substituents is 1. The fraction of sp³-hybridized carbons (Fsp3) is 0.571. The number of rotatable bonds is 8. The molecule has 0 amide bonds. The maximum absolute atomic E-state index is 10.3. The fourth-order valence-corrected chi connectivity index (χ4v) is 1.85. The molecule has 1 atom stereocenters. The number of nitrogens with one attached hydrogen (secondary N) is 1. The second kappa shape index (κ2) is 7.36. The maximum Gasteiger partial charge on any atom is 0.115 e. The molecule has 0 bridgehead atoms. The van der Waals surface area contributed by atoms with Crippen molar-refractivity contribution in [3.8, 4) is 5.75 Å². The van der Waals surface area contributed by atoms with Crippen molar-refractivity contribution in [2.45, 2.75) is 25.4 Å². The molecule has 0 saturated carbocycles. The Kier molecular flexibility index (Phi) is 6.12. The highest BCUT2D eigenvalue weighted by Gasteiger charge is 2.20. The van der Waals surface area contributed by atoms with E-state index in [-0.39, 0.29) is 5.75 Å². The average Bonchev–Trinajstić information content (AvgIpc) is 2.28. The van der Waals surface area contributed by atoms with Gasteiger partial charge in [-0.1, -0.05) is 12.1 Å². The summed E-state index contributed by atoms with van der Waals surface area (Å²) in [6.07, 6.45) is 1.19. The van der Waals surface area contributed by atoms with Crippen LogP contribution in [0.4, 0.5) is 0 Å². The van der Waals surface area contributed by atoms with Crippen LogP contribution in [0.15, 0.2) is 24.3 Å². The average molecular weight is 253 g/mol. The van der Waals surface area contributed by atoms with Crippen LogP contribution in [-0.2, 0) is 11.2 Å². The van der Waals surface area contributed by atoms with Crippen molar-refractivity contribution in [3.05, 3.63) is 29.8 Å². The number of benzene rings is 1. The Morgan fingerprint density at radius 2 is 2.11 bits per heavy atom. The normalized spacial score (nSPS) is 14.4. The topological polar surface area (TPSA) is 61.7 Å². The van der Waals surface area contributed by atoms with E-state index in [9.17, 15) is 10.2 Å². The monoisotopic (exact) mass is 253 g/mol. The predicted octanol–water partition coefficient (Wildman–Crippen LogP) is 1.31. The lowest BCUT2D eigenvalue weighted by molar-refractivity contribution is 0.0510. The van der Waals surface area contributed by atoms with Gasteiger partial charge in [-0.3, -0.25) is 0 Å². The van der Waals surface area contributed by atoms with Gasteiger partial charge in [0.05, 0.1) is 12.2 Å². The van der Waals surface area contributed by atoms with E-state index in [2.05, 4.69) is 5.32 Å². The zero-order chi connectivity index (χ0) is 13.4. The Hall–Kier alpha value is -1.10. The summed E-state index contributed by atoms with van der Waals surface area (Å²) < 4.78 is 4.93. The van der Waals surface area contributed by atoms with E-state index in [1.165, 1.54) is 0 Å². The summed E-state index contributed by atoms with van der Waals surface area (Å²) in [6.45, 7) is 4.03. The van der Waals surface area contributed by atoms with E-state index in [1.807, 2.05) is 13.0 Å². The summed E-state index contributed by atoms with van der Waals surface area (Å²) in [7, 11) is 1.67. The summed E-state index contributed by atoms with van der Waals surface area (Å²) >= 11 is 0. The molecule has 0 aliphatic heterocycles. The highest BCUT2D eigenvalue weighted by Crippen LogP contribution is 2.19. The summed E-state index contributed by atoms with van der Waals surface area (Å²) in [5.41, 5.74) is 0.172. The number of hydrogen-bond acceptors (Lipinski definition) is 4. The Morgan fingerprint density at radius 1 is 1.33 bits per heavy atom. The van der Waals surface area contributed by atoms with Crippen molar-refractivity contribution in [2.75, 3.05) is 26.8 Å². The highest BCUT2D eigenvalue weighted by atomic mass is 16.5. The van der Waals surface area contributed by atoms with Gasteiger partial charge in [-0.2, -0.15) is 0 Å². The largest absolute Gasteiger partial charge is 0.508 e. The predicted molar refractivity (Wildman–Crippen MR) is 71.8 cm³/mol. The van der Waals surface area contributed by atoms with Gasteiger partial charge in [-0.05, 0) is 37.6 Å². The molecule has 4 nitrogen and oxygen atoms in total. The van der Waals surface area contributed by atoms with Gasteiger partial charge in [0, 0.05) is 20.1 Å². The van der Waals surface area contributed by atoms with Gasteiger partial charge < -0.3 is 20.3 Å². The van der Waals surface area contributed by atoms with Gasteiger partial charge in [0.25, 0.3) is 0 Å². The lowest BCUT2D eigenvalue weighted by atomic mass is 9.93. The lowest BCUT2D eigenvalue weighted by Gasteiger charge is -2.23. The Morgan fingerprint density at radius 3 is 2.78 bits per heavy atom. The van der Waals surface area contributed by atoms with Crippen molar-refractivity contribution in [1.82, 2.24) is 5.32 Å². The van der Waals surface area contributed by atoms with E-state index in [4.69, 9.17) is 4.74 Å². The van der Waals surface area contributed by atoms with E-state index in [0.29, 0.717) is 19.4 Å². The van der Waals surface area contributed by atoms with Crippen LogP contribution in [0.2, 0.25) is 0 Å². The number of ether oxygens (including phenoxy) is 1. The first kappa shape index (κ1) is 15.0. The molecule has 3 N–H and O–H groups in total. The van der Waals surface area contributed by atoms with Gasteiger partial charge in [0.15, 0.2) is 0 Å². The molecule has 18 heavy (non-hydrogen) atoms. The van der Waals surface area contributed by atoms with Crippen LogP contribution in [0.3, 0.4) is 0 Å². The molecule has 1 unspecified atom stereocenters. The van der Waals surface area contributed by atoms with Crippen molar-refractivity contribution in [3.63, 3.8) is 0 Å². The smallest absolute Gasteiger partial charge is 0.115 e. The molecular formula is C14H23NO3. The van der Waals surface area contributed by atoms with Gasteiger partial charge in [-0.15, -0.1) is 0 Å². The standard InChI is InChI=1S/C14H23NO3/c1-14(17,6-7-15-8-9-18-2)11-12-4-3-5-13(16)10-12/h3-5,10,15-17H,6-9,11H2,1-2H3. The van der Waals surface area contributed by atoms with E-state index >= 15 is 0 Å². The molecule has 0 aromatic heterocycles. The van der Waals surface area contributed by atoms with Crippen LogP contribution >= 0.6 is 0 Å². The maximum atomic E-state index is 10.3. The molecule has 0 aliphatic rings. The second-order valence-electron chi connectivity index (χ2n) is 4.84. The second-order valence-corrected chi connectivity index (χ2v) is 4.84. The van der Waals surface area contributed by atoms with E-state index in [0.717, 1.165) is 18.7 Å². The van der Waals surface area contributed by atoms with Gasteiger partial charge in [0.1, 0.15) is 5.75 Å². The highest BCUT2D eigenvalue weighted by molar-refractivity contribution is 5.28. The van der Waals surface area contributed by atoms with Crippen molar-refractivity contribution in [1.29, 1.82) is 0 Å². The molecule has 1 rings (SSSR count). The molecular weight excluding hydrogens is 230 g/mol. The quantitative estimate of drug-likeness (QED) is 0.611.